The maximum atomic E-state index is 9.85. The highest BCUT2D eigenvalue weighted by Gasteiger charge is 2.09. The Bertz CT molecular complexity index is 386. The molecule has 0 heterocycles. The van der Waals surface area contributed by atoms with E-state index in [0.717, 1.165) is 0 Å². The van der Waals surface area contributed by atoms with Gasteiger partial charge in [-0.15, -0.1) is 0 Å². The zero-order chi connectivity index (χ0) is 11.8. The van der Waals surface area contributed by atoms with Gasteiger partial charge in [0.25, 0.3) is 0 Å². The van der Waals surface area contributed by atoms with Crippen LogP contribution in [0.4, 0.5) is 0 Å². The predicted octanol–water partition coefficient (Wildman–Crippen LogP) is 1.42. The third kappa shape index (κ3) is 3.00. The lowest BCUT2D eigenvalue weighted by atomic mass is 10.3. The number of carbonyl (C=O) groups excluding carboxylic acids is 1. The van der Waals surface area contributed by atoms with Gasteiger partial charge < -0.3 is 14.2 Å². The van der Waals surface area contributed by atoms with Gasteiger partial charge in [-0.05, 0) is 12.1 Å². The Morgan fingerprint density at radius 2 is 2.00 bits per heavy atom. The average molecular weight is 223 g/mol. The molecule has 0 aliphatic carbocycles. The SMILES string of the molecule is COc1cccc(OCCN=C=O)c1OC. The summed E-state index contributed by atoms with van der Waals surface area (Å²) in [4.78, 5) is 13.2. The first-order chi connectivity index (χ1) is 7.83. The number of aliphatic imine (C=N–C) groups is 1. The quantitative estimate of drug-likeness (QED) is 0.415. The van der Waals surface area contributed by atoms with Gasteiger partial charge in [-0.3, -0.25) is 0 Å². The standard InChI is InChI=1S/C11H13NO4/c1-14-9-4-3-5-10(11(9)15-2)16-7-6-12-8-13/h3-5H,6-7H2,1-2H3. The molecule has 16 heavy (non-hydrogen) atoms. The zero-order valence-electron chi connectivity index (χ0n) is 9.23. The van der Waals surface area contributed by atoms with E-state index in [2.05, 4.69) is 4.99 Å². The lowest BCUT2D eigenvalue weighted by Gasteiger charge is -2.12. The topological polar surface area (TPSA) is 57.1 Å². The van der Waals surface area contributed by atoms with Crippen molar-refractivity contribution < 1.29 is 19.0 Å². The molecule has 0 aromatic heterocycles. The molecule has 0 fully saturated rings. The minimum Gasteiger partial charge on any atom is -0.493 e. The average Bonchev–Trinajstić information content (AvgIpc) is 2.34. The second-order valence-corrected chi connectivity index (χ2v) is 2.81. The van der Waals surface area contributed by atoms with Gasteiger partial charge in [0.2, 0.25) is 11.8 Å². The Labute approximate surface area is 93.7 Å². The number of isocyanates is 1. The maximum Gasteiger partial charge on any atom is 0.235 e. The first-order valence-electron chi connectivity index (χ1n) is 4.71. The van der Waals surface area contributed by atoms with E-state index in [1.807, 2.05) is 0 Å². The first kappa shape index (κ1) is 12.1. The Kier molecular flexibility index (Phi) is 4.89. The molecule has 0 bridgehead atoms. The van der Waals surface area contributed by atoms with Crippen LogP contribution in [0.2, 0.25) is 0 Å². The fourth-order valence-corrected chi connectivity index (χ4v) is 1.22. The second kappa shape index (κ2) is 6.48. The third-order valence-corrected chi connectivity index (χ3v) is 1.89. The molecule has 5 nitrogen and oxygen atoms in total. The van der Waals surface area contributed by atoms with E-state index in [1.54, 1.807) is 25.3 Å². The summed E-state index contributed by atoms with van der Waals surface area (Å²) >= 11 is 0. The van der Waals surface area contributed by atoms with Gasteiger partial charge in [-0.25, -0.2) is 9.79 Å². The minimum atomic E-state index is 0.268. The molecule has 0 spiro atoms. The van der Waals surface area contributed by atoms with Crippen molar-refractivity contribution in [1.82, 2.24) is 0 Å². The van der Waals surface area contributed by atoms with Crippen molar-refractivity contribution >= 4 is 6.08 Å². The van der Waals surface area contributed by atoms with E-state index < -0.39 is 0 Å². The maximum absolute atomic E-state index is 9.85. The van der Waals surface area contributed by atoms with Crippen molar-refractivity contribution in [3.05, 3.63) is 18.2 Å². The molecule has 0 saturated heterocycles. The molecule has 1 aromatic rings. The van der Waals surface area contributed by atoms with Gasteiger partial charge >= 0.3 is 0 Å². The van der Waals surface area contributed by atoms with Crippen LogP contribution in [0, 0.1) is 0 Å². The summed E-state index contributed by atoms with van der Waals surface area (Å²) in [6.45, 7) is 0.558. The molecule has 1 rings (SSSR count). The number of benzene rings is 1. The number of rotatable bonds is 6. The second-order valence-electron chi connectivity index (χ2n) is 2.81. The molecular formula is C11H13NO4. The van der Waals surface area contributed by atoms with Crippen molar-refractivity contribution in [2.24, 2.45) is 4.99 Å². The molecule has 0 unspecified atom stereocenters. The van der Waals surface area contributed by atoms with Crippen molar-refractivity contribution in [1.29, 1.82) is 0 Å². The normalized spacial score (nSPS) is 9.12. The van der Waals surface area contributed by atoms with Crippen molar-refractivity contribution in [2.45, 2.75) is 0 Å². The molecule has 86 valence electrons. The van der Waals surface area contributed by atoms with Crippen LogP contribution in [0.1, 0.15) is 0 Å². The molecule has 1 aromatic carbocycles. The van der Waals surface area contributed by atoms with E-state index in [0.29, 0.717) is 23.9 Å². The molecule has 5 heteroatoms. The molecule has 0 N–H and O–H groups in total. The first-order valence-corrected chi connectivity index (χ1v) is 4.71. The summed E-state index contributed by atoms with van der Waals surface area (Å²) in [6, 6.07) is 5.32. The molecule has 0 amide bonds. The minimum absolute atomic E-state index is 0.268. The highest BCUT2D eigenvalue weighted by Crippen LogP contribution is 2.36. The summed E-state index contributed by atoms with van der Waals surface area (Å²) < 4.78 is 15.7. The van der Waals surface area contributed by atoms with Gasteiger partial charge in [0.15, 0.2) is 11.5 Å². The smallest absolute Gasteiger partial charge is 0.235 e. The number of nitrogens with zero attached hydrogens (tertiary/aromatic N) is 1. The van der Waals surface area contributed by atoms with Gasteiger partial charge in [-0.2, -0.15) is 0 Å². The van der Waals surface area contributed by atoms with Crippen LogP contribution in [0.25, 0.3) is 0 Å². The van der Waals surface area contributed by atoms with Crippen molar-refractivity contribution in [3.8, 4) is 17.2 Å². The summed E-state index contributed by atoms with van der Waals surface area (Å²) in [6.07, 6.45) is 1.44. The number of methoxy groups -OCH3 is 2. The summed E-state index contributed by atoms with van der Waals surface area (Å²) in [5.74, 6) is 1.68. The molecule has 0 radical (unpaired) electrons. The monoisotopic (exact) mass is 223 g/mol. The summed E-state index contributed by atoms with van der Waals surface area (Å²) in [5, 5.41) is 0. The summed E-state index contributed by atoms with van der Waals surface area (Å²) in [7, 11) is 3.09. The van der Waals surface area contributed by atoms with E-state index in [9.17, 15) is 4.79 Å². The van der Waals surface area contributed by atoms with Crippen LogP contribution in [-0.2, 0) is 4.79 Å². The van der Waals surface area contributed by atoms with E-state index in [4.69, 9.17) is 14.2 Å². The van der Waals surface area contributed by atoms with Gasteiger partial charge in [0.1, 0.15) is 6.61 Å². The van der Waals surface area contributed by atoms with E-state index in [1.165, 1.54) is 13.2 Å². The number of hydrogen-bond acceptors (Lipinski definition) is 5. The number of ether oxygens (including phenoxy) is 3. The Hall–Kier alpha value is -2.00. The molecular weight excluding hydrogens is 210 g/mol. The van der Waals surface area contributed by atoms with Crippen LogP contribution in [0.3, 0.4) is 0 Å². The Balaban J connectivity index is 2.74. The third-order valence-electron chi connectivity index (χ3n) is 1.89. The van der Waals surface area contributed by atoms with Gasteiger partial charge in [0.05, 0.1) is 20.8 Å². The zero-order valence-corrected chi connectivity index (χ0v) is 9.23. The fraction of sp³-hybridized carbons (Fsp3) is 0.364. The largest absolute Gasteiger partial charge is 0.493 e. The Morgan fingerprint density at radius 3 is 2.62 bits per heavy atom. The molecule has 0 atom stereocenters. The Morgan fingerprint density at radius 1 is 1.25 bits per heavy atom. The highest BCUT2D eigenvalue weighted by atomic mass is 16.5. The van der Waals surface area contributed by atoms with Crippen molar-refractivity contribution in [3.63, 3.8) is 0 Å². The van der Waals surface area contributed by atoms with Crippen LogP contribution < -0.4 is 14.2 Å². The number of hydrogen-bond donors (Lipinski definition) is 0. The van der Waals surface area contributed by atoms with E-state index >= 15 is 0 Å². The predicted molar refractivity (Wildman–Crippen MR) is 58.0 cm³/mol. The van der Waals surface area contributed by atoms with Gasteiger partial charge in [0, 0.05) is 0 Å². The lowest BCUT2D eigenvalue weighted by molar-refractivity contribution is 0.290. The van der Waals surface area contributed by atoms with Crippen LogP contribution in [-0.4, -0.2) is 33.5 Å². The fourth-order valence-electron chi connectivity index (χ4n) is 1.22. The van der Waals surface area contributed by atoms with Gasteiger partial charge in [-0.1, -0.05) is 6.07 Å². The summed E-state index contributed by atoms with van der Waals surface area (Å²) in [5.41, 5.74) is 0. The van der Waals surface area contributed by atoms with E-state index in [-0.39, 0.29) is 6.54 Å². The van der Waals surface area contributed by atoms with Crippen LogP contribution >= 0.6 is 0 Å². The molecule has 0 saturated carbocycles. The van der Waals surface area contributed by atoms with Crippen molar-refractivity contribution in [2.75, 3.05) is 27.4 Å². The lowest BCUT2D eigenvalue weighted by Crippen LogP contribution is -2.03. The van der Waals surface area contributed by atoms with Crippen LogP contribution in [0.5, 0.6) is 17.2 Å². The van der Waals surface area contributed by atoms with Crippen LogP contribution in [0.15, 0.2) is 23.2 Å². The highest BCUT2D eigenvalue weighted by molar-refractivity contribution is 5.51. The number of para-hydroxylation sites is 1. The molecule has 0 aliphatic rings. The molecule has 0 aliphatic heterocycles.